The van der Waals surface area contributed by atoms with Crippen molar-refractivity contribution in [2.24, 2.45) is 11.8 Å². The van der Waals surface area contributed by atoms with Crippen molar-refractivity contribution >= 4 is 29.1 Å². The Morgan fingerprint density at radius 2 is 1.50 bits per heavy atom. The summed E-state index contributed by atoms with van der Waals surface area (Å²) in [5.74, 6) is 1.95. The lowest BCUT2D eigenvalue weighted by molar-refractivity contribution is -0.142. The smallest absolute Gasteiger partial charge is 0.223 e. The molecule has 2 aromatic carbocycles. The first-order chi connectivity index (χ1) is 13.6. The average molecular weight is 414 g/mol. The van der Waals surface area contributed by atoms with Gasteiger partial charge in [-0.25, -0.2) is 0 Å². The molecule has 3 fully saturated rings. The fourth-order valence-electron chi connectivity index (χ4n) is 5.12. The van der Waals surface area contributed by atoms with Gasteiger partial charge >= 0.3 is 0 Å². The van der Waals surface area contributed by atoms with Gasteiger partial charge in [0.15, 0.2) is 0 Å². The molecule has 0 spiro atoms. The van der Waals surface area contributed by atoms with E-state index in [1.54, 1.807) is 0 Å². The summed E-state index contributed by atoms with van der Waals surface area (Å²) in [5.41, 5.74) is 2.42. The molecule has 1 heterocycles. The maximum absolute atomic E-state index is 13.3. The van der Waals surface area contributed by atoms with Gasteiger partial charge in [0.1, 0.15) is 0 Å². The van der Waals surface area contributed by atoms with Crippen LogP contribution in [0.4, 0.5) is 0 Å². The van der Waals surface area contributed by atoms with Gasteiger partial charge in [0.25, 0.3) is 0 Å². The number of hydrogen-bond acceptors (Lipinski definition) is 1. The Balaban J connectivity index is 1.60. The van der Waals surface area contributed by atoms with Crippen LogP contribution in [0.1, 0.15) is 61.6 Å². The van der Waals surface area contributed by atoms with Crippen molar-refractivity contribution in [1.82, 2.24) is 4.90 Å². The highest BCUT2D eigenvalue weighted by atomic mass is 35.5. The number of likely N-dealkylation sites (tertiary alicyclic amines) is 1. The fraction of sp³-hybridized carbons (Fsp3) is 0.458. The lowest BCUT2D eigenvalue weighted by Gasteiger charge is -2.46. The number of nitrogens with zero attached hydrogens (tertiary/aromatic N) is 1. The molecule has 28 heavy (non-hydrogen) atoms. The number of benzene rings is 2. The van der Waals surface area contributed by atoms with Crippen molar-refractivity contribution < 1.29 is 4.79 Å². The van der Waals surface area contributed by atoms with Gasteiger partial charge in [0.05, 0.1) is 6.04 Å². The van der Waals surface area contributed by atoms with Gasteiger partial charge in [-0.3, -0.25) is 4.79 Å². The number of halogens is 2. The SMILES string of the molecule is O=C1CC[C@H](c2cccc(Cl)c2)C(c2ccc(Cl)cc2)N1C(C1CC1)C1CC1. The number of hydrogen-bond donors (Lipinski definition) is 0. The van der Waals surface area contributed by atoms with E-state index < -0.39 is 0 Å². The van der Waals surface area contributed by atoms with Crippen molar-refractivity contribution in [2.45, 2.75) is 56.5 Å². The molecular formula is C24H25Cl2NO. The number of amides is 1. The van der Waals surface area contributed by atoms with Crippen molar-refractivity contribution in [3.05, 3.63) is 69.7 Å². The number of rotatable bonds is 5. The van der Waals surface area contributed by atoms with Gasteiger partial charge in [-0.1, -0.05) is 47.5 Å². The molecule has 3 aliphatic rings. The highest BCUT2D eigenvalue weighted by Crippen LogP contribution is 2.53. The fourth-order valence-corrected chi connectivity index (χ4v) is 5.45. The van der Waals surface area contributed by atoms with E-state index in [0.717, 1.165) is 16.5 Å². The summed E-state index contributed by atoms with van der Waals surface area (Å²) in [5, 5.41) is 1.49. The second kappa shape index (κ2) is 7.39. The summed E-state index contributed by atoms with van der Waals surface area (Å²) in [6.07, 6.45) is 6.54. The molecule has 1 amide bonds. The summed E-state index contributed by atoms with van der Waals surface area (Å²) in [4.78, 5) is 15.6. The molecule has 2 aromatic rings. The minimum absolute atomic E-state index is 0.0585. The molecule has 1 aliphatic heterocycles. The molecule has 0 N–H and O–H groups in total. The van der Waals surface area contributed by atoms with Gasteiger partial charge in [-0.2, -0.15) is 0 Å². The Morgan fingerprint density at radius 1 is 0.821 bits per heavy atom. The van der Waals surface area contributed by atoms with Crippen LogP contribution in [0.2, 0.25) is 10.0 Å². The largest absolute Gasteiger partial charge is 0.331 e. The third-order valence-corrected chi connectivity index (χ3v) is 7.14. The summed E-state index contributed by atoms with van der Waals surface area (Å²) in [6, 6.07) is 16.8. The van der Waals surface area contributed by atoms with Crippen molar-refractivity contribution in [3.8, 4) is 0 Å². The first kappa shape index (κ1) is 18.5. The van der Waals surface area contributed by atoms with E-state index in [0.29, 0.717) is 30.2 Å². The normalized spacial score (nSPS) is 25.4. The van der Waals surface area contributed by atoms with Gasteiger partial charge in [0, 0.05) is 28.4 Å². The van der Waals surface area contributed by atoms with E-state index in [1.807, 2.05) is 24.3 Å². The number of carbonyl (C=O) groups is 1. The third kappa shape index (κ3) is 3.57. The van der Waals surface area contributed by atoms with Crippen LogP contribution in [0.3, 0.4) is 0 Å². The first-order valence-electron chi connectivity index (χ1n) is 10.4. The molecule has 1 unspecified atom stereocenters. The Hall–Kier alpha value is -1.51. The average Bonchev–Trinajstić information content (AvgIpc) is 3.59. The van der Waals surface area contributed by atoms with Crippen LogP contribution in [-0.2, 0) is 4.79 Å². The molecular weight excluding hydrogens is 389 g/mol. The predicted octanol–water partition coefficient (Wildman–Crippen LogP) is 6.63. The highest BCUT2D eigenvalue weighted by Gasteiger charge is 2.51. The van der Waals surface area contributed by atoms with Crippen LogP contribution >= 0.6 is 23.2 Å². The van der Waals surface area contributed by atoms with E-state index in [1.165, 1.54) is 36.8 Å². The van der Waals surface area contributed by atoms with E-state index in [2.05, 4.69) is 29.2 Å². The number of piperidine rings is 1. The summed E-state index contributed by atoms with van der Waals surface area (Å²) in [7, 11) is 0. The maximum atomic E-state index is 13.3. The molecule has 1 saturated heterocycles. The van der Waals surface area contributed by atoms with Crippen LogP contribution in [0.5, 0.6) is 0 Å². The van der Waals surface area contributed by atoms with Gasteiger partial charge in [0.2, 0.25) is 5.91 Å². The monoisotopic (exact) mass is 413 g/mol. The van der Waals surface area contributed by atoms with Gasteiger partial charge < -0.3 is 4.90 Å². The zero-order valence-corrected chi connectivity index (χ0v) is 17.4. The minimum atomic E-state index is 0.0585. The van der Waals surface area contributed by atoms with Crippen molar-refractivity contribution in [3.63, 3.8) is 0 Å². The maximum Gasteiger partial charge on any atom is 0.223 e. The Morgan fingerprint density at radius 3 is 2.11 bits per heavy atom. The minimum Gasteiger partial charge on any atom is -0.331 e. The quantitative estimate of drug-likeness (QED) is 0.538. The van der Waals surface area contributed by atoms with Crippen LogP contribution in [0, 0.1) is 11.8 Å². The van der Waals surface area contributed by atoms with Gasteiger partial charge in [-0.15, -0.1) is 0 Å². The Bertz CT molecular complexity index is 860. The molecule has 2 saturated carbocycles. The molecule has 2 aliphatic carbocycles. The molecule has 2 nitrogen and oxygen atoms in total. The van der Waals surface area contributed by atoms with Crippen molar-refractivity contribution in [2.75, 3.05) is 0 Å². The molecule has 4 heteroatoms. The third-order valence-electron chi connectivity index (χ3n) is 6.66. The Kier molecular flexibility index (Phi) is 4.88. The van der Waals surface area contributed by atoms with E-state index in [4.69, 9.17) is 23.2 Å². The summed E-state index contributed by atoms with van der Waals surface area (Å²) in [6.45, 7) is 0. The summed E-state index contributed by atoms with van der Waals surface area (Å²) >= 11 is 12.5. The first-order valence-corrected chi connectivity index (χ1v) is 11.2. The second-order valence-electron chi connectivity index (χ2n) is 8.66. The molecule has 0 bridgehead atoms. The van der Waals surface area contributed by atoms with Crippen LogP contribution < -0.4 is 0 Å². The number of carbonyl (C=O) groups excluding carboxylic acids is 1. The second-order valence-corrected chi connectivity index (χ2v) is 9.54. The molecule has 146 valence electrons. The molecule has 2 atom stereocenters. The standard InChI is InChI=1S/C24H25Cl2NO/c25-19-10-8-17(9-11-19)24-21(18-2-1-3-20(26)14-18)12-13-22(28)27(24)23(15-4-5-15)16-6-7-16/h1-3,8-11,14-16,21,23-24H,4-7,12-13H2/t21-,24?/m1/s1. The molecule has 0 aromatic heterocycles. The van der Waals surface area contributed by atoms with E-state index >= 15 is 0 Å². The van der Waals surface area contributed by atoms with E-state index in [-0.39, 0.29) is 12.0 Å². The lowest BCUT2D eigenvalue weighted by atomic mass is 9.78. The van der Waals surface area contributed by atoms with Gasteiger partial charge in [-0.05, 0) is 79.3 Å². The molecule has 5 rings (SSSR count). The predicted molar refractivity (Wildman–Crippen MR) is 114 cm³/mol. The zero-order chi connectivity index (χ0) is 19.3. The molecule has 0 radical (unpaired) electrons. The van der Waals surface area contributed by atoms with Crippen LogP contribution in [-0.4, -0.2) is 16.8 Å². The van der Waals surface area contributed by atoms with Crippen molar-refractivity contribution in [1.29, 1.82) is 0 Å². The lowest BCUT2D eigenvalue weighted by Crippen LogP contribution is -2.49. The zero-order valence-electron chi connectivity index (χ0n) is 15.9. The Labute approximate surface area is 176 Å². The van der Waals surface area contributed by atoms with Crippen LogP contribution in [0.25, 0.3) is 0 Å². The topological polar surface area (TPSA) is 20.3 Å². The summed E-state index contributed by atoms with van der Waals surface area (Å²) < 4.78 is 0. The highest BCUT2D eigenvalue weighted by molar-refractivity contribution is 6.30. The van der Waals surface area contributed by atoms with E-state index in [9.17, 15) is 4.79 Å². The van der Waals surface area contributed by atoms with Crippen LogP contribution in [0.15, 0.2) is 48.5 Å².